The number of rotatable bonds is 3. The monoisotopic (exact) mass is 258 g/mol. The Labute approximate surface area is 100 Å². The second kappa shape index (κ2) is 4.83. The van der Waals surface area contributed by atoms with Gasteiger partial charge in [0, 0.05) is 4.90 Å². The number of ether oxygens (including phenoxy) is 1. The molecule has 17 heavy (non-hydrogen) atoms. The number of hydrogen-bond acceptors (Lipinski definition) is 4. The lowest BCUT2D eigenvalue weighted by Crippen LogP contribution is -2.05. The molecule has 1 heterocycles. The summed E-state index contributed by atoms with van der Waals surface area (Å²) in [7, 11) is 0. The highest BCUT2D eigenvalue weighted by atomic mass is 32.2. The summed E-state index contributed by atoms with van der Waals surface area (Å²) in [5.41, 5.74) is 0.534. The van der Waals surface area contributed by atoms with Crippen LogP contribution in [-0.2, 0) is 14.3 Å². The Kier molecular flexibility index (Phi) is 3.42. The molecule has 1 aliphatic heterocycles. The molecule has 0 amide bonds. The van der Waals surface area contributed by atoms with Crippen LogP contribution in [0, 0.1) is 0 Å². The summed E-state index contributed by atoms with van der Waals surface area (Å²) >= 11 is 0.403. The zero-order valence-electron chi connectivity index (χ0n) is 8.56. The lowest BCUT2D eigenvalue weighted by molar-refractivity contribution is -0.152. The van der Waals surface area contributed by atoms with Crippen molar-refractivity contribution in [3.05, 3.63) is 29.8 Å². The van der Waals surface area contributed by atoms with E-state index < -0.39 is 23.6 Å². The fourth-order valence-corrected chi connectivity index (χ4v) is 2.20. The lowest BCUT2D eigenvalue weighted by Gasteiger charge is -2.07. The summed E-state index contributed by atoms with van der Waals surface area (Å²) in [6.45, 7) is 0. The van der Waals surface area contributed by atoms with Crippen molar-refractivity contribution in [1.82, 2.24) is 0 Å². The molecular weight excluding hydrogens is 250 g/mol. The van der Waals surface area contributed by atoms with Crippen LogP contribution in [0.4, 0.5) is 8.78 Å². The first-order valence-corrected chi connectivity index (χ1v) is 5.73. The van der Waals surface area contributed by atoms with Gasteiger partial charge in [-0.05, 0) is 17.7 Å². The quantitative estimate of drug-likeness (QED) is 0.475. The number of benzene rings is 1. The second-order valence-electron chi connectivity index (χ2n) is 3.50. The number of carbonyl (C=O) groups is 2. The van der Waals surface area contributed by atoms with Crippen molar-refractivity contribution in [2.45, 2.75) is 23.0 Å². The van der Waals surface area contributed by atoms with Gasteiger partial charge in [-0.2, -0.15) is 8.78 Å². The average molecular weight is 258 g/mol. The number of carbonyl (C=O) groups excluding carboxylic acids is 2. The van der Waals surface area contributed by atoms with E-state index in [0.717, 1.165) is 0 Å². The van der Waals surface area contributed by atoms with Crippen molar-refractivity contribution in [3.63, 3.8) is 0 Å². The zero-order valence-corrected chi connectivity index (χ0v) is 9.38. The van der Waals surface area contributed by atoms with Gasteiger partial charge in [0.05, 0.1) is 12.3 Å². The number of halogens is 2. The summed E-state index contributed by atoms with van der Waals surface area (Å²) in [6.07, 6.45) is -0.0262. The van der Waals surface area contributed by atoms with E-state index in [4.69, 9.17) is 0 Å². The van der Waals surface area contributed by atoms with Crippen molar-refractivity contribution in [3.8, 4) is 0 Å². The Bertz CT molecular complexity index is 462. The molecule has 1 unspecified atom stereocenters. The van der Waals surface area contributed by atoms with Gasteiger partial charge in [0.1, 0.15) is 0 Å². The van der Waals surface area contributed by atoms with Crippen molar-refractivity contribution in [1.29, 1.82) is 0 Å². The third-order valence-corrected chi connectivity index (χ3v) is 3.06. The van der Waals surface area contributed by atoms with Crippen LogP contribution in [0.2, 0.25) is 0 Å². The molecule has 0 aliphatic carbocycles. The average Bonchev–Trinajstić information content (AvgIpc) is 2.57. The van der Waals surface area contributed by atoms with Crippen LogP contribution >= 0.6 is 11.8 Å². The van der Waals surface area contributed by atoms with E-state index in [2.05, 4.69) is 4.74 Å². The van der Waals surface area contributed by atoms with Gasteiger partial charge in [0.15, 0.2) is 0 Å². The second-order valence-corrected chi connectivity index (χ2v) is 4.56. The van der Waals surface area contributed by atoms with Crippen LogP contribution in [0.3, 0.4) is 0 Å². The van der Waals surface area contributed by atoms with E-state index in [-0.39, 0.29) is 6.42 Å². The molecule has 1 saturated heterocycles. The summed E-state index contributed by atoms with van der Waals surface area (Å²) in [6, 6.07) is 6.22. The van der Waals surface area contributed by atoms with Crippen molar-refractivity contribution < 1.29 is 23.1 Å². The summed E-state index contributed by atoms with van der Waals surface area (Å²) in [5, 5.41) is 0. The van der Waals surface area contributed by atoms with Crippen molar-refractivity contribution in [2.24, 2.45) is 0 Å². The molecule has 2 rings (SSSR count). The summed E-state index contributed by atoms with van der Waals surface area (Å²) in [4.78, 5) is 22.6. The van der Waals surface area contributed by atoms with Gasteiger partial charge in [-0.1, -0.05) is 23.9 Å². The van der Waals surface area contributed by atoms with Crippen LogP contribution < -0.4 is 0 Å². The van der Waals surface area contributed by atoms with Crippen LogP contribution in [-0.4, -0.2) is 17.7 Å². The molecule has 0 N–H and O–H groups in total. The molecule has 0 bridgehead atoms. The maximum Gasteiger partial charge on any atom is 0.321 e. The van der Waals surface area contributed by atoms with Crippen molar-refractivity contribution in [2.75, 3.05) is 0 Å². The Morgan fingerprint density at radius 2 is 2.12 bits per heavy atom. The first kappa shape index (κ1) is 12.0. The van der Waals surface area contributed by atoms with E-state index in [1.807, 2.05) is 0 Å². The standard InChI is InChI=1S/C11H8F2O3S/c12-11(13)17-7-3-1-2-6(4-7)8-5-9(14)16-10(8)15/h1-4,8,11H,5H2. The molecule has 1 aromatic carbocycles. The Balaban J connectivity index is 2.21. The van der Waals surface area contributed by atoms with Crippen LogP contribution in [0.15, 0.2) is 29.2 Å². The molecule has 1 fully saturated rings. The highest BCUT2D eigenvalue weighted by molar-refractivity contribution is 7.99. The van der Waals surface area contributed by atoms with E-state index in [0.29, 0.717) is 22.2 Å². The van der Waals surface area contributed by atoms with Gasteiger partial charge >= 0.3 is 11.9 Å². The van der Waals surface area contributed by atoms with Crippen LogP contribution in [0.25, 0.3) is 0 Å². The molecule has 3 nitrogen and oxygen atoms in total. The smallest absolute Gasteiger partial charge is 0.321 e. The largest absolute Gasteiger partial charge is 0.393 e. The fourth-order valence-electron chi connectivity index (χ4n) is 1.64. The molecule has 1 aliphatic rings. The van der Waals surface area contributed by atoms with E-state index >= 15 is 0 Å². The van der Waals surface area contributed by atoms with Gasteiger partial charge < -0.3 is 4.74 Å². The molecule has 0 spiro atoms. The predicted molar refractivity (Wildman–Crippen MR) is 56.8 cm³/mol. The van der Waals surface area contributed by atoms with E-state index in [9.17, 15) is 18.4 Å². The predicted octanol–water partition coefficient (Wildman–Crippen LogP) is 2.56. The van der Waals surface area contributed by atoms with Crippen molar-refractivity contribution >= 4 is 23.7 Å². The minimum Gasteiger partial charge on any atom is -0.393 e. The molecule has 1 aromatic rings. The van der Waals surface area contributed by atoms with Crippen LogP contribution in [0.1, 0.15) is 17.9 Å². The third-order valence-electron chi connectivity index (χ3n) is 2.36. The zero-order chi connectivity index (χ0) is 12.4. The molecule has 1 atom stereocenters. The van der Waals surface area contributed by atoms with E-state index in [1.165, 1.54) is 12.1 Å². The normalized spacial score (nSPS) is 19.8. The third kappa shape index (κ3) is 2.82. The van der Waals surface area contributed by atoms with Gasteiger partial charge in [0.25, 0.3) is 5.76 Å². The first-order valence-electron chi connectivity index (χ1n) is 4.85. The number of thioether (sulfide) groups is 1. The van der Waals surface area contributed by atoms with Gasteiger partial charge in [-0.15, -0.1) is 0 Å². The Hall–Kier alpha value is -1.43. The van der Waals surface area contributed by atoms with E-state index in [1.54, 1.807) is 12.1 Å². The number of cyclic esters (lactones) is 2. The minimum atomic E-state index is -2.51. The molecule has 0 aromatic heterocycles. The number of alkyl halides is 2. The van der Waals surface area contributed by atoms with Gasteiger partial charge in [-0.25, -0.2) is 0 Å². The van der Waals surface area contributed by atoms with Gasteiger partial charge in [-0.3, -0.25) is 9.59 Å². The number of hydrogen-bond donors (Lipinski definition) is 0. The van der Waals surface area contributed by atoms with Gasteiger partial charge in [0.2, 0.25) is 0 Å². The Morgan fingerprint density at radius 3 is 2.71 bits per heavy atom. The molecule has 0 saturated carbocycles. The summed E-state index contributed by atoms with van der Waals surface area (Å²) in [5.74, 6) is -4.37. The topological polar surface area (TPSA) is 43.4 Å². The highest BCUT2D eigenvalue weighted by Crippen LogP contribution is 2.32. The van der Waals surface area contributed by atoms with Crippen LogP contribution in [0.5, 0.6) is 0 Å². The fraction of sp³-hybridized carbons (Fsp3) is 0.273. The number of esters is 2. The molecule has 90 valence electrons. The maximum absolute atomic E-state index is 12.2. The first-order chi connectivity index (χ1) is 8.06. The highest BCUT2D eigenvalue weighted by Gasteiger charge is 2.34. The summed E-state index contributed by atoms with van der Waals surface area (Å²) < 4.78 is 28.8. The minimum absolute atomic E-state index is 0.0262. The Morgan fingerprint density at radius 1 is 1.35 bits per heavy atom. The molecule has 0 radical (unpaired) electrons. The lowest BCUT2D eigenvalue weighted by atomic mass is 9.98. The molecule has 6 heteroatoms. The molecular formula is C11H8F2O3S. The SMILES string of the molecule is O=C1CC(c2cccc(SC(F)F)c2)C(=O)O1. The maximum atomic E-state index is 12.2.